The smallest absolute Gasteiger partial charge is 0.272 e. The van der Waals surface area contributed by atoms with E-state index in [-0.39, 0.29) is 18.1 Å². The van der Waals surface area contributed by atoms with Gasteiger partial charge >= 0.3 is 0 Å². The molecule has 1 aliphatic heterocycles. The van der Waals surface area contributed by atoms with E-state index in [1.54, 1.807) is 0 Å². The zero-order valence-electron chi connectivity index (χ0n) is 13.3. The second-order valence-electron chi connectivity index (χ2n) is 6.73. The minimum atomic E-state index is -0.756. The van der Waals surface area contributed by atoms with Gasteiger partial charge in [0.05, 0.1) is 23.5 Å². The lowest BCUT2D eigenvalue weighted by Crippen LogP contribution is -2.44. The third-order valence-electron chi connectivity index (χ3n) is 4.81. The molecule has 0 unspecified atom stereocenters. The van der Waals surface area contributed by atoms with Crippen LogP contribution in [-0.2, 0) is 11.2 Å². The van der Waals surface area contributed by atoms with Gasteiger partial charge in [-0.2, -0.15) is 5.10 Å². The summed E-state index contributed by atoms with van der Waals surface area (Å²) in [5.74, 6) is -0.210. The maximum absolute atomic E-state index is 12.4. The quantitative estimate of drug-likeness (QED) is 0.795. The van der Waals surface area contributed by atoms with Crippen molar-refractivity contribution in [3.8, 4) is 0 Å². The minimum absolute atomic E-state index is 0.0738. The van der Waals surface area contributed by atoms with Crippen LogP contribution < -0.4 is 5.32 Å². The summed E-state index contributed by atoms with van der Waals surface area (Å²) >= 11 is 0. The molecule has 3 N–H and O–H groups in total. The van der Waals surface area contributed by atoms with Gasteiger partial charge in [-0.25, -0.2) is 0 Å². The van der Waals surface area contributed by atoms with Crippen molar-refractivity contribution in [2.45, 2.75) is 70.2 Å². The number of carbonyl (C=O) groups is 1. The Balaban J connectivity index is 1.68. The molecule has 1 aromatic heterocycles. The highest BCUT2D eigenvalue weighted by molar-refractivity contribution is 5.94. The molecule has 1 fully saturated rings. The van der Waals surface area contributed by atoms with E-state index >= 15 is 0 Å². The maximum Gasteiger partial charge on any atom is 0.272 e. The van der Waals surface area contributed by atoms with Crippen molar-refractivity contribution < 1.29 is 14.6 Å². The molecule has 6 heteroatoms. The Bertz CT molecular complexity index is 549. The number of nitrogens with one attached hydrogen (secondary N) is 2. The topological polar surface area (TPSA) is 87.2 Å². The minimum Gasteiger partial charge on any atom is -0.388 e. The summed E-state index contributed by atoms with van der Waals surface area (Å²) in [6.07, 6.45) is 5.42. The van der Waals surface area contributed by atoms with E-state index in [0.717, 1.165) is 36.9 Å². The van der Waals surface area contributed by atoms with Crippen molar-refractivity contribution in [1.82, 2.24) is 15.5 Å². The molecule has 0 aromatic carbocycles. The largest absolute Gasteiger partial charge is 0.388 e. The highest BCUT2D eigenvalue weighted by atomic mass is 16.5. The van der Waals surface area contributed by atoms with Gasteiger partial charge in [-0.15, -0.1) is 0 Å². The number of hydrogen-bond acceptors (Lipinski definition) is 4. The Morgan fingerprint density at radius 1 is 1.41 bits per heavy atom. The Labute approximate surface area is 130 Å². The first-order valence-electron chi connectivity index (χ1n) is 8.22. The number of aromatic nitrogens is 2. The Kier molecular flexibility index (Phi) is 4.23. The Hall–Kier alpha value is -1.40. The zero-order chi connectivity index (χ0) is 15.7. The zero-order valence-corrected chi connectivity index (χ0v) is 13.3. The molecule has 0 saturated heterocycles. The van der Waals surface area contributed by atoms with Crippen LogP contribution in [0.15, 0.2) is 0 Å². The third kappa shape index (κ3) is 3.03. The second-order valence-corrected chi connectivity index (χ2v) is 6.73. The number of fused-ring (bicyclic) bond motifs is 1. The van der Waals surface area contributed by atoms with E-state index in [1.807, 2.05) is 13.8 Å². The monoisotopic (exact) mass is 307 g/mol. The second kappa shape index (κ2) is 6.01. The van der Waals surface area contributed by atoms with Crippen molar-refractivity contribution >= 4 is 5.91 Å². The van der Waals surface area contributed by atoms with E-state index < -0.39 is 5.60 Å². The van der Waals surface area contributed by atoms with Crippen LogP contribution in [0.5, 0.6) is 0 Å². The van der Waals surface area contributed by atoms with Gasteiger partial charge in [0.1, 0.15) is 0 Å². The summed E-state index contributed by atoms with van der Waals surface area (Å²) in [5, 5.41) is 20.4. The van der Waals surface area contributed by atoms with Crippen molar-refractivity contribution in [3.05, 3.63) is 17.0 Å². The summed E-state index contributed by atoms with van der Waals surface area (Å²) < 4.78 is 5.73. The maximum atomic E-state index is 12.4. The molecular weight excluding hydrogens is 282 g/mol. The summed E-state index contributed by atoms with van der Waals surface area (Å²) in [6, 6.07) is 0. The van der Waals surface area contributed by atoms with E-state index in [9.17, 15) is 9.90 Å². The summed E-state index contributed by atoms with van der Waals surface area (Å²) in [7, 11) is 0. The molecule has 0 bridgehead atoms. The highest BCUT2D eigenvalue weighted by Crippen LogP contribution is 2.30. The van der Waals surface area contributed by atoms with Crippen LogP contribution in [0.25, 0.3) is 0 Å². The van der Waals surface area contributed by atoms with E-state index in [2.05, 4.69) is 15.5 Å². The van der Waals surface area contributed by atoms with Crippen LogP contribution in [0, 0.1) is 0 Å². The van der Waals surface area contributed by atoms with Crippen molar-refractivity contribution in [2.75, 3.05) is 6.54 Å². The fraction of sp³-hybridized carbons (Fsp3) is 0.750. The third-order valence-corrected chi connectivity index (χ3v) is 4.81. The summed E-state index contributed by atoms with van der Waals surface area (Å²) in [5.41, 5.74) is 1.52. The van der Waals surface area contributed by atoms with Gasteiger partial charge < -0.3 is 15.2 Å². The van der Waals surface area contributed by atoms with Crippen molar-refractivity contribution in [3.63, 3.8) is 0 Å². The molecule has 1 aromatic rings. The molecule has 0 spiro atoms. The van der Waals surface area contributed by atoms with Crippen molar-refractivity contribution in [2.24, 2.45) is 0 Å². The van der Waals surface area contributed by atoms with Gasteiger partial charge in [0.25, 0.3) is 5.91 Å². The van der Waals surface area contributed by atoms with Crippen molar-refractivity contribution in [1.29, 1.82) is 0 Å². The highest BCUT2D eigenvalue weighted by Gasteiger charge is 2.32. The lowest BCUT2D eigenvalue weighted by Gasteiger charge is -2.32. The molecular formula is C16H25N3O3. The molecule has 1 amide bonds. The fourth-order valence-electron chi connectivity index (χ4n) is 3.58. The number of rotatable bonds is 3. The normalized spacial score (nSPS) is 27.2. The number of hydrogen-bond donors (Lipinski definition) is 3. The van der Waals surface area contributed by atoms with E-state index in [4.69, 9.17) is 4.74 Å². The van der Waals surface area contributed by atoms with Crippen LogP contribution in [0.3, 0.4) is 0 Å². The van der Waals surface area contributed by atoms with Crippen LogP contribution in [0.2, 0.25) is 0 Å². The average Bonchev–Trinajstić information content (AvgIpc) is 2.90. The van der Waals surface area contributed by atoms with Crippen LogP contribution >= 0.6 is 0 Å². The first kappa shape index (κ1) is 15.5. The number of H-pyrrole nitrogens is 1. The van der Waals surface area contributed by atoms with Gasteiger partial charge in [-0.3, -0.25) is 9.89 Å². The number of aliphatic hydroxyl groups is 1. The summed E-state index contributed by atoms with van der Waals surface area (Å²) in [4.78, 5) is 12.4. The first-order valence-corrected chi connectivity index (χ1v) is 8.22. The number of carbonyl (C=O) groups excluding carboxylic acids is 1. The number of ether oxygens (including phenoxy) is 1. The van der Waals surface area contributed by atoms with Gasteiger partial charge in [0.15, 0.2) is 5.69 Å². The predicted octanol–water partition coefficient (Wildman–Crippen LogP) is 1.86. The molecule has 22 heavy (non-hydrogen) atoms. The van der Waals surface area contributed by atoms with Crippen LogP contribution in [0.4, 0.5) is 0 Å². The van der Waals surface area contributed by atoms with Crippen LogP contribution in [0.1, 0.15) is 73.8 Å². The molecule has 122 valence electrons. The average molecular weight is 307 g/mol. The molecule has 3 rings (SSSR count). The Morgan fingerprint density at radius 2 is 2.14 bits per heavy atom. The molecule has 1 saturated carbocycles. The van der Waals surface area contributed by atoms with Gasteiger partial charge in [-0.05, 0) is 26.7 Å². The fourth-order valence-corrected chi connectivity index (χ4v) is 3.58. The summed E-state index contributed by atoms with van der Waals surface area (Å²) in [6.45, 7) is 4.26. The van der Waals surface area contributed by atoms with E-state index in [1.165, 1.54) is 6.42 Å². The standard InChI is InChI=1S/C16H25N3O3/c1-10-8-12-13(11(2)22-10)18-19-14(12)15(20)17-9-16(21)6-4-3-5-7-16/h10-11,21H,3-9H2,1-2H3,(H,17,20)(H,18,19)/t10-,11+/m1/s1. The first-order chi connectivity index (χ1) is 10.5. The Morgan fingerprint density at radius 3 is 2.86 bits per heavy atom. The number of nitrogens with zero attached hydrogens (tertiary/aromatic N) is 1. The lowest BCUT2D eigenvalue weighted by atomic mass is 9.85. The molecule has 0 radical (unpaired) electrons. The van der Waals surface area contributed by atoms with Crippen LogP contribution in [-0.4, -0.2) is 39.5 Å². The lowest BCUT2D eigenvalue weighted by molar-refractivity contribution is -0.00709. The SMILES string of the molecule is C[C@@H]1Cc2c(C(=O)NCC3(O)CCCCC3)n[nH]c2[C@H](C)O1. The molecule has 6 nitrogen and oxygen atoms in total. The molecule has 2 aliphatic rings. The number of aromatic amines is 1. The molecule has 2 heterocycles. The van der Waals surface area contributed by atoms with Gasteiger partial charge in [0, 0.05) is 18.5 Å². The predicted molar refractivity (Wildman–Crippen MR) is 81.6 cm³/mol. The van der Waals surface area contributed by atoms with Gasteiger partial charge in [0.2, 0.25) is 0 Å². The number of amides is 1. The van der Waals surface area contributed by atoms with E-state index in [0.29, 0.717) is 18.7 Å². The molecule has 2 atom stereocenters. The van der Waals surface area contributed by atoms with Gasteiger partial charge in [-0.1, -0.05) is 19.3 Å². The molecule has 1 aliphatic carbocycles.